The number of hydrogen-bond donors (Lipinski definition) is 2. The van der Waals surface area contributed by atoms with Crippen molar-refractivity contribution in [3.8, 4) is 0 Å². The quantitative estimate of drug-likeness (QED) is 0.365. The number of nitrogens with one attached hydrogen (secondary N) is 2. The van der Waals surface area contributed by atoms with Gasteiger partial charge in [-0.1, -0.05) is 30.3 Å². The molecule has 2 aromatic carbocycles. The second kappa shape index (κ2) is 11.1. The molecule has 1 unspecified atom stereocenters. The lowest BCUT2D eigenvalue weighted by atomic mass is 9.97. The molecule has 0 radical (unpaired) electrons. The maximum absolute atomic E-state index is 13.7. The van der Waals surface area contributed by atoms with Crippen molar-refractivity contribution in [3.63, 3.8) is 0 Å². The number of H-pyrrole nitrogens is 1. The number of benzene rings is 2. The summed E-state index contributed by atoms with van der Waals surface area (Å²) in [5.41, 5.74) is 3.23. The van der Waals surface area contributed by atoms with Gasteiger partial charge in [0.2, 0.25) is 5.91 Å². The molecule has 1 aliphatic rings. The molecule has 0 saturated carbocycles. The van der Waals surface area contributed by atoms with Crippen LogP contribution in [-0.4, -0.2) is 46.5 Å². The number of pyridine rings is 1. The minimum Gasteiger partial charge on any atom is -0.380 e. The summed E-state index contributed by atoms with van der Waals surface area (Å²) in [4.78, 5) is 39.9. The van der Waals surface area contributed by atoms with Crippen LogP contribution in [-0.2, 0) is 16.0 Å². The highest BCUT2D eigenvalue weighted by Crippen LogP contribution is 2.32. The van der Waals surface area contributed by atoms with E-state index in [1.807, 2.05) is 24.3 Å². The molecule has 0 aliphatic carbocycles. The topological polar surface area (TPSA) is 100 Å². The van der Waals surface area contributed by atoms with Gasteiger partial charge in [0.05, 0.1) is 25.7 Å². The first kappa shape index (κ1) is 24.3. The molecule has 2 aromatic heterocycles. The number of ether oxygens (including phenoxy) is 1. The van der Waals surface area contributed by atoms with Gasteiger partial charge in [-0.25, -0.2) is 9.37 Å². The van der Waals surface area contributed by atoms with Crippen LogP contribution in [0.1, 0.15) is 39.1 Å². The lowest BCUT2D eigenvalue weighted by Gasteiger charge is -2.32. The fourth-order valence-electron chi connectivity index (χ4n) is 4.30. The summed E-state index contributed by atoms with van der Waals surface area (Å²) in [6, 6.07) is 16.3. The molecule has 1 aliphatic heterocycles. The fourth-order valence-corrected chi connectivity index (χ4v) is 4.30. The number of nitrogens with zero attached hydrogens (tertiary/aromatic N) is 3. The summed E-state index contributed by atoms with van der Waals surface area (Å²) < 4.78 is 18.9. The van der Waals surface area contributed by atoms with Gasteiger partial charge in [0, 0.05) is 36.1 Å². The molecule has 4 aromatic rings. The molecule has 1 atom stereocenters. The van der Waals surface area contributed by atoms with Crippen LogP contribution >= 0.6 is 0 Å². The molecular formula is C28H26FN5O3. The Bertz CT molecular complexity index is 1340. The van der Waals surface area contributed by atoms with Crippen molar-refractivity contribution < 1.29 is 18.7 Å². The molecule has 3 heterocycles. The van der Waals surface area contributed by atoms with Gasteiger partial charge < -0.3 is 15.0 Å². The van der Waals surface area contributed by atoms with Gasteiger partial charge in [-0.15, -0.1) is 0 Å². The molecule has 1 saturated heterocycles. The van der Waals surface area contributed by atoms with E-state index >= 15 is 0 Å². The third kappa shape index (κ3) is 5.57. The highest BCUT2D eigenvalue weighted by Gasteiger charge is 2.34. The Kier molecular flexibility index (Phi) is 7.32. The van der Waals surface area contributed by atoms with Gasteiger partial charge in [0.1, 0.15) is 17.6 Å². The average molecular weight is 500 g/mol. The summed E-state index contributed by atoms with van der Waals surface area (Å²) in [5, 5.41) is 2.92. The van der Waals surface area contributed by atoms with Crippen molar-refractivity contribution in [1.29, 1.82) is 0 Å². The Hall–Kier alpha value is -4.37. The molecule has 2 amide bonds. The maximum atomic E-state index is 13.7. The van der Waals surface area contributed by atoms with Crippen LogP contribution in [0.5, 0.6) is 0 Å². The number of aromatic amines is 1. The minimum absolute atomic E-state index is 0.248. The van der Waals surface area contributed by atoms with Gasteiger partial charge in [-0.05, 0) is 47.9 Å². The minimum atomic E-state index is -1.00. The first-order chi connectivity index (χ1) is 18.1. The number of rotatable bonds is 9. The van der Waals surface area contributed by atoms with Crippen molar-refractivity contribution >= 4 is 17.5 Å². The van der Waals surface area contributed by atoms with Crippen LogP contribution in [0.25, 0.3) is 0 Å². The Labute approximate surface area is 213 Å². The zero-order valence-electron chi connectivity index (χ0n) is 20.0. The molecular weight excluding hydrogens is 473 g/mol. The number of imidazole rings is 1. The number of carbonyl (C=O) groups is 2. The van der Waals surface area contributed by atoms with E-state index in [9.17, 15) is 14.0 Å². The van der Waals surface area contributed by atoms with Crippen molar-refractivity contribution in [1.82, 2.24) is 20.3 Å². The van der Waals surface area contributed by atoms with Crippen LogP contribution in [0.15, 0.2) is 85.6 Å². The molecule has 2 N–H and O–H groups in total. The predicted octanol–water partition coefficient (Wildman–Crippen LogP) is 3.80. The van der Waals surface area contributed by atoms with Crippen LogP contribution < -0.4 is 10.2 Å². The Morgan fingerprint density at radius 1 is 1.08 bits per heavy atom. The number of anilines is 1. The molecule has 5 rings (SSSR count). The van der Waals surface area contributed by atoms with E-state index in [-0.39, 0.29) is 24.0 Å². The number of halogens is 1. The molecule has 0 spiro atoms. The van der Waals surface area contributed by atoms with Gasteiger partial charge in [0.25, 0.3) is 5.91 Å². The Morgan fingerprint density at radius 3 is 2.57 bits per heavy atom. The zero-order chi connectivity index (χ0) is 25.6. The number of aromatic nitrogens is 3. The van der Waals surface area contributed by atoms with Crippen LogP contribution in [0.4, 0.5) is 10.1 Å². The summed E-state index contributed by atoms with van der Waals surface area (Å²) in [7, 11) is 0. The zero-order valence-corrected chi connectivity index (χ0v) is 20.0. The SMILES string of the molecule is O=C(NCCc1cccc(F)c1)C(c1cccnc1)N(C(=O)c1cnc[nH]1)c1ccc(C2COC2)cc1. The van der Waals surface area contributed by atoms with Crippen LogP contribution in [0, 0.1) is 5.82 Å². The van der Waals surface area contributed by atoms with E-state index in [2.05, 4.69) is 20.3 Å². The Balaban J connectivity index is 1.46. The summed E-state index contributed by atoms with van der Waals surface area (Å²) in [6.07, 6.45) is 6.47. The number of amides is 2. The highest BCUT2D eigenvalue weighted by atomic mass is 19.1. The fraction of sp³-hybridized carbons (Fsp3) is 0.214. The monoisotopic (exact) mass is 499 g/mol. The van der Waals surface area contributed by atoms with Gasteiger partial charge >= 0.3 is 0 Å². The summed E-state index contributed by atoms with van der Waals surface area (Å²) in [6.45, 7) is 1.61. The Morgan fingerprint density at radius 2 is 1.92 bits per heavy atom. The van der Waals surface area contributed by atoms with Crippen molar-refractivity contribution in [2.24, 2.45) is 0 Å². The van der Waals surface area contributed by atoms with Crippen LogP contribution in [0.3, 0.4) is 0 Å². The second-order valence-electron chi connectivity index (χ2n) is 8.83. The van der Waals surface area contributed by atoms with Gasteiger partial charge in [-0.2, -0.15) is 0 Å². The van der Waals surface area contributed by atoms with E-state index in [0.717, 1.165) is 11.1 Å². The van der Waals surface area contributed by atoms with E-state index in [1.165, 1.54) is 29.6 Å². The highest BCUT2D eigenvalue weighted by molar-refractivity contribution is 6.09. The van der Waals surface area contributed by atoms with Gasteiger partial charge in [-0.3, -0.25) is 19.5 Å². The summed E-state index contributed by atoms with van der Waals surface area (Å²) in [5.74, 6) is -0.795. The standard InChI is InChI=1S/C28H26FN5O3/c29-23-5-1-3-19(13-23)10-12-32-27(35)26(21-4-2-11-30-14-21)34(28(36)25-15-31-18-33-25)24-8-6-20(7-9-24)22-16-37-17-22/h1-9,11,13-15,18,22,26H,10,12,16-17H2,(H,31,33)(H,32,35). The lowest BCUT2D eigenvalue weighted by Crippen LogP contribution is -2.44. The first-order valence-electron chi connectivity index (χ1n) is 12.0. The third-order valence-corrected chi connectivity index (χ3v) is 6.34. The molecule has 188 valence electrons. The van der Waals surface area contributed by atoms with E-state index in [0.29, 0.717) is 36.8 Å². The molecule has 9 heteroatoms. The van der Waals surface area contributed by atoms with E-state index in [1.54, 1.807) is 36.7 Å². The normalized spacial score (nSPS) is 14.0. The second-order valence-corrected chi connectivity index (χ2v) is 8.83. The van der Waals surface area contributed by atoms with E-state index in [4.69, 9.17) is 4.74 Å². The molecule has 37 heavy (non-hydrogen) atoms. The molecule has 1 fully saturated rings. The van der Waals surface area contributed by atoms with Gasteiger partial charge in [0.15, 0.2) is 0 Å². The molecule has 8 nitrogen and oxygen atoms in total. The first-order valence-corrected chi connectivity index (χ1v) is 12.0. The smallest absolute Gasteiger partial charge is 0.277 e. The van der Waals surface area contributed by atoms with Crippen molar-refractivity contribution in [2.75, 3.05) is 24.7 Å². The van der Waals surface area contributed by atoms with Crippen molar-refractivity contribution in [3.05, 3.63) is 114 Å². The average Bonchev–Trinajstić information content (AvgIpc) is 3.42. The lowest BCUT2D eigenvalue weighted by molar-refractivity contribution is -0.122. The number of carbonyl (C=O) groups excluding carboxylic acids is 2. The van der Waals surface area contributed by atoms with Crippen molar-refractivity contribution in [2.45, 2.75) is 18.4 Å². The summed E-state index contributed by atoms with van der Waals surface area (Å²) >= 11 is 0. The predicted molar refractivity (Wildman–Crippen MR) is 135 cm³/mol. The third-order valence-electron chi connectivity index (χ3n) is 6.34. The molecule has 0 bridgehead atoms. The van der Waals surface area contributed by atoms with E-state index < -0.39 is 11.9 Å². The number of hydrogen-bond acceptors (Lipinski definition) is 5. The van der Waals surface area contributed by atoms with Crippen LogP contribution in [0.2, 0.25) is 0 Å². The largest absolute Gasteiger partial charge is 0.380 e. The maximum Gasteiger partial charge on any atom is 0.277 e.